The molecule has 2 aliphatic carbocycles. The normalized spacial score (nSPS) is 24.2. The number of nitrogens with one attached hydrogen (secondary N) is 1. The van der Waals surface area contributed by atoms with Gasteiger partial charge in [0.2, 0.25) is 0 Å². The van der Waals surface area contributed by atoms with Crippen molar-refractivity contribution >= 4 is 5.97 Å². The summed E-state index contributed by atoms with van der Waals surface area (Å²) in [4.78, 5) is 12.5. The van der Waals surface area contributed by atoms with Crippen LogP contribution in [0.25, 0.3) is 0 Å². The van der Waals surface area contributed by atoms with E-state index in [9.17, 15) is 4.79 Å². The Bertz CT molecular complexity index is 322. The summed E-state index contributed by atoms with van der Waals surface area (Å²) in [7, 11) is 0. The molecule has 0 atom stereocenters. The standard InChI is InChI=1S/C17H31NO2/c1-4-20-15(19)17(18-13-14(2)3)11-9-16(10-12-17)7-5-6-8-16/h14,18H,4-13H2,1-3H3. The van der Waals surface area contributed by atoms with Gasteiger partial charge in [-0.3, -0.25) is 4.79 Å². The molecular weight excluding hydrogens is 250 g/mol. The second-order valence-corrected chi connectivity index (χ2v) is 7.28. The van der Waals surface area contributed by atoms with Crippen molar-refractivity contribution in [3.63, 3.8) is 0 Å². The van der Waals surface area contributed by atoms with Gasteiger partial charge in [-0.2, -0.15) is 0 Å². The van der Waals surface area contributed by atoms with Crippen LogP contribution in [0.4, 0.5) is 0 Å². The number of hydrogen-bond acceptors (Lipinski definition) is 3. The van der Waals surface area contributed by atoms with Crippen LogP contribution in [-0.4, -0.2) is 24.7 Å². The fourth-order valence-corrected chi connectivity index (χ4v) is 3.95. The molecule has 0 aromatic rings. The summed E-state index contributed by atoms with van der Waals surface area (Å²) >= 11 is 0. The van der Waals surface area contributed by atoms with Gasteiger partial charge in [0.15, 0.2) is 0 Å². The van der Waals surface area contributed by atoms with Crippen molar-refractivity contribution < 1.29 is 9.53 Å². The maximum atomic E-state index is 12.5. The maximum absolute atomic E-state index is 12.5. The summed E-state index contributed by atoms with van der Waals surface area (Å²) in [5.74, 6) is 0.539. The van der Waals surface area contributed by atoms with E-state index in [0.29, 0.717) is 17.9 Å². The van der Waals surface area contributed by atoms with Gasteiger partial charge in [0.05, 0.1) is 6.61 Å². The molecule has 2 aliphatic rings. The molecule has 0 bridgehead atoms. The molecule has 0 aromatic heterocycles. The lowest BCUT2D eigenvalue weighted by Gasteiger charge is -2.44. The monoisotopic (exact) mass is 281 g/mol. The Balaban J connectivity index is 2.02. The van der Waals surface area contributed by atoms with Crippen molar-refractivity contribution in [3.8, 4) is 0 Å². The molecule has 2 rings (SSSR count). The molecule has 0 unspecified atom stereocenters. The zero-order chi connectivity index (χ0) is 14.6. The molecule has 0 aromatic carbocycles. The van der Waals surface area contributed by atoms with E-state index >= 15 is 0 Å². The van der Waals surface area contributed by atoms with Gasteiger partial charge in [0.1, 0.15) is 5.54 Å². The Kier molecular flexibility index (Phi) is 5.11. The van der Waals surface area contributed by atoms with Crippen molar-refractivity contribution in [3.05, 3.63) is 0 Å². The third-order valence-electron chi connectivity index (χ3n) is 5.34. The summed E-state index contributed by atoms with van der Waals surface area (Å²) in [6, 6.07) is 0. The van der Waals surface area contributed by atoms with Crippen LogP contribution in [0.2, 0.25) is 0 Å². The van der Waals surface area contributed by atoms with E-state index in [4.69, 9.17) is 4.74 Å². The average molecular weight is 281 g/mol. The molecule has 0 aliphatic heterocycles. The van der Waals surface area contributed by atoms with Gasteiger partial charge in [-0.15, -0.1) is 0 Å². The lowest BCUT2D eigenvalue weighted by molar-refractivity contribution is -0.154. The molecule has 0 amide bonds. The molecule has 0 radical (unpaired) electrons. The van der Waals surface area contributed by atoms with E-state index in [-0.39, 0.29) is 5.97 Å². The third-order valence-corrected chi connectivity index (χ3v) is 5.34. The van der Waals surface area contributed by atoms with Crippen LogP contribution in [0.15, 0.2) is 0 Å². The molecule has 3 nitrogen and oxygen atoms in total. The Morgan fingerprint density at radius 2 is 1.70 bits per heavy atom. The molecule has 0 saturated heterocycles. The van der Waals surface area contributed by atoms with E-state index < -0.39 is 5.54 Å². The zero-order valence-electron chi connectivity index (χ0n) is 13.5. The fourth-order valence-electron chi connectivity index (χ4n) is 3.95. The van der Waals surface area contributed by atoms with Gasteiger partial charge in [-0.05, 0) is 63.3 Å². The second kappa shape index (κ2) is 6.46. The Hall–Kier alpha value is -0.570. The summed E-state index contributed by atoms with van der Waals surface area (Å²) in [5, 5.41) is 3.55. The molecule has 1 spiro atoms. The highest BCUT2D eigenvalue weighted by Crippen LogP contribution is 2.51. The van der Waals surface area contributed by atoms with Crippen LogP contribution in [-0.2, 0) is 9.53 Å². The first-order valence-corrected chi connectivity index (χ1v) is 8.44. The van der Waals surface area contributed by atoms with E-state index in [1.54, 1.807) is 0 Å². The van der Waals surface area contributed by atoms with E-state index in [1.165, 1.54) is 38.5 Å². The van der Waals surface area contributed by atoms with Crippen molar-refractivity contribution in [1.29, 1.82) is 0 Å². The van der Waals surface area contributed by atoms with Gasteiger partial charge >= 0.3 is 5.97 Å². The largest absolute Gasteiger partial charge is 0.465 e. The van der Waals surface area contributed by atoms with Crippen molar-refractivity contribution in [1.82, 2.24) is 5.32 Å². The lowest BCUT2D eigenvalue weighted by atomic mass is 9.66. The van der Waals surface area contributed by atoms with Crippen LogP contribution in [0.5, 0.6) is 0 Å². The maximum Gasteiger partial charge on any atom is 0.326 e. The van der Waals surface area contributed by atoms with Crippen LogP contribution in [0.3, 0.4) is 0 Å². The molecule has 1 N–H and O–H groups in total. The number of ether oxygens (including phenoxy) is 1. The lowest BCUT2D eigenvalue weighted by Crippen LogP contribution is -2.57. The molecular formula is C17H31NO2. The molecule has 2 saturated carbocycles. The number of esters is 1. The average Bonchev–Trinajstić information content (AvgIpc) is 2.87. The van der Waals surface area contributed by atoms with Gasteiger partial charge in [0.25, 0.3) is 0 Å². The minimum absolute atomic E-state index is 0.0199. The van der Waals surface area contributed by atoms with Crippen LogP contribution >= 0.6 is 0 Å². The zero-order valence-corrected chi connectivity index (χ0v) is 13.5. The van der Waals surface area contributed by atoms with E-state index in [2.05, 4.69) is 19.2 Å². The van der Waals surface area contributed by atoms with Crippen LogP contribution < -0.4 is 5.32 Å². The van der Waals surface area contributed by atoms with Crippen LogP contribution in [0.1, 0.15) is 72.1 Å². The first kappa shape index (κ1) is 15.8. The molecule has 3 heteroatoms. The topological polar surface area (TPSA) is 38.3 Å². The van der Waals surface area contributed by atoms with Gasteiger partial charge in [0, 0.05) is 0 Å². The fraction of sp³-hybridized carbons (Fsp3) is 0.941. The first-order chi connectivity index (χ1) is 9.52. The Labute approximate surface area is 123 Å². The van der Waals surface area contributed by atoms with Gasteiger partial charge < -0.3 is 10.1 Å². The van der Waals surface area contributed by atoms with Gasteiger partial charge in [-0.25, -0.2) is 0 Å². The molecule has 116 valence electrons. The Morgan fingerprint density at radius 1 is 1.10 bits per heavy atom. The smallest absolute Gasteiger partial charge is 0.326 e. The van der Waals surface area contributed by atoms with Crippen molar-refractivity contribution in [2.75, 3.05) is 13.2 Å². The predicted molar refractivity (Wildman–Crippen MR) is 81.6 cm³/mol. The minimum Gasteiger partial charge on any atom is -0.465 e. The van der Waals surface area contributed by atoms with Crippen LogP contribution in [0, 0.1) is 11.3 Å². The molecule has 2 fully saturated rings. The number of carbonyl (C=O) groups excluding carboxylic acids is 1. The Morgan fingerprint density at radius 3 is 2.20 bits per heavy atom. The first-order valence-electron chi connectivity index (χ1n) is 8.44. The van der Waals surface area contributed by atoms with E-state index in [1.807, 2.05) is 6.92 Å². The molecule has 20 heavy (non-hydrogen) atoms. The summed E-state index contributed by atoms with van der Waals surface area (Å²) in [6.07, 6.45) is 9.80. The quantitative estimate of drug-likeness (QED) is 0.781. The number of carbonyl (C=O) groups is 1. The minimum atomic E-state index is -0.409. The second-order valence-electron chi connectivity index (χ2n) is 7.28. The molecule has 0 heterocycles. The highest BCUT2D eigenvalue weighted by molar-refractivity contribution is 5.81. The summed E-state index contributed by atoms with van der Waals surface area (Å²) in [6.45, 7) is 7.65. The number of rotatable bonds is 5. The SMILES string of the molecule is CCOC(=O)C1(NCC(C)C)CCC2(CCCC2)CC1. The number of hydrogen-bond donors (Lipinski definition) is 1. The third kappa shape index (κ3) is 3.36. The highest BCUT2D eigenvalue weighted by Gasteiger charge is 2.48. The van der Waals surface area contributed by atoms with Gasteiger partial charge in [-0.1, -0.05) is 26.7 Å². The van der Waals surface area contributed by atoms with E-state index in [0.717, 1.165) is 19.4 Å². The highest BCUT2D eigenvalue weighted by atomic mass is 16.5. The summed E-state index contributed by atoms with van der Waals surface area (Å²) < 4.78 is 5.37. The predicted octanol–water partition coefficient (Wildman–Crippen LogP) is 3.67. The van der Waals surface area contributed by atoms with Crippen molar-refractivity contribution in [2.45, 2.75) is 77.7 Å². The van der Waals surface area contributed by atoms with Crippen molar-refractivity contribution in [2.24, 2.45) is 11.3 Å². The summed E-state index contributed by atoms with van der Waals surface area (Å²) in [5.41, 5.74) is 0.142.